The van der Waals surface area contributed by atoms with E-state index < -0.39 is 0 Å². The molecule has 0 bridgehead atoms. The fourth-order valence-electron chi connectivity index (χ4n) is 2.35. The Balaban J connectivity index is 2.19. The zero-order chi connectivity index (χ0) is 19.1. The second-order valence-corrected chi connectivity index (χ2v) is 5.41. The molecule has 1 amide bonds. The number of rotatable bonds is 7. The summed E-state index contributed by atoms with van der Waals surface area (Å²) in [6.45, 7) is 1.48. The lowest BCUT2D eigenvalue weighted by Gasteiger charge is -2.12. The van der Waals surface area contributed by atoms with E-state index in [2.05, 4.69) is 5.32 Å². The molecule has 0 radical (unpaired) electrons. The molecule has 26 heavy (non-hydrogen) atoms. The van der Waals surface area contributed by atoms with Gasteiger partial charge >= 0.3 is 0 Å². The minimum Gasteiger partial charge on any atom is -0.496 e. The lowest BCUT2D eigenvalue weighted by molar-refractivity contribution is -0.111. The van der Waals surface area contributed by atoms with Crippen molar-refractivity contribution in [1.29, 1.82) is 0 Å². The molecule has 0 fully saturated rings. The second kappa shape index (κ2) is 8.71. The van der Waals surface area contributed by atoms with Gasteiger partial charge in [0.25, 0.3) is 0 Å². The van der Waals surface area contributed by atoms with Gasteiger partial charge in [-0.15, -0.1) is 0 Å². The maximum Gasteiger partial charge on any atom is 0.248 e. The summed E-state index contributed by atoms with van der Waals surface area (Å²) in [4.78, 5) is 23.6. The Morgan fingerprint density at radius 3 is 2.19 bits per heavy atom. The number of benzene rings is 2. The summed E-state index contributed by atoms with van der Waals surface area (Å²) in [6.07, 6.45) is 3.00. The van der Waals surface area contributed by atoms with Crippen molar-refractivity contribution in [2.75, 3.05) is 26.6 Å². The van der Waals surface area contributed by atoms with Crippen LogP contribution >= 0.6 is 0 Å². The van der Waals surface area contributed by atoms with E-state index in [9.17, 15) is 9.59 Å². The maximum atomic E-state index is 12.2. The molecule has 2 aromatic carbocycles. The second-order valence-electron chi connectivity index (χ2n) is 5.41. The van der Waals surface area contributed by atoms with Crippen LogP contribution in [0, 0.1) is 0 Å². The highest BCUT2D eigenvalue weighted by atomic mass is 16.5. The monoisotopic (exact) mass is 355 g/mol. The first-order chi connectivity index (χ1) is 12.5. The average Bonchev–Trinajstić information content (AvgIpc) is 2.65. The van der Waals surface area contributed by atoms with Gasteiger partial charge in [0.2, 0.25) is 5.91 Å². The molecule has 2 aromatic rings. The van der Waals surface area contributed by atoms with Gasteiger partial charge in [0, 0.05) is 29.0 Å². The zero-order valence-corrected chi connectivity index (χ0v) is 15.2. The third-order valence-corrected chi connectivity index (χ3v) is 3.69. The number of amides is 1. The van der Waals surface area contributed by atoms with Crippen LogP contribution in [-0.4, -0.2) is 33.0 Å². The number of carbonyl (C=O) groups excluding carboxylic acids is 2. The molecule has 6 nitrogen and oxygen atoms in total. The zero-order valence-electron chi connectivity index (χ0n) is 15.2. The first kappa shape index (κ1) is 19.1. The number of anilines is 1. The van der Waals surface area contributed by atoms with E-state index >= 15 is 0 Å². The fourth-order valence-corrected chi connectivity index (χ4v) is 2.35. The molecule has 0 aliphatic rings. The molecule has 0 saturated carbocycles. The van der Waals surface area contributed by atoms with Crippen LogP contribution < -0.4 is 19.5 Å². The van der Waals surface area contributed by atoms with Gasteiger partial charge in [0.15, 0.2) is 17.3 Å². The summed E-state index contributed by atoms with van der Waals surface area (Å²) in [5, 5.41) is 2.72. The molecule has 136 valence electrons. The summed E-state index contributed by atoms with van der Waals surface area (Å²) in [5.41, 5.74) is 1.75. The predicted octanol–water partition coefficient (Wildman–Crippen LogP) is 3.57. The third-order valence-electron chi connectivity index (χ3n) is 3.69. The Bertz CT molecular complexity index is 842. The molecule has 0 unspecified atom stereocenters. The molecule has 0 aromatic heterocycles. The molecule has 2 rings (SSSR count). The highest BCUT2D eigenvalue weighted by Crippen LogP contribution is 2.35. The number of hydrogen-bond donors (Lipinski definition) is 1. The van der Waals surface area contributed by atoms with Gasteiger partial charge in [0.1, 0.15) is 5.75 Å². The lowest BCUT2D eigenvalue weighted by Crippen LogP contribution is -2.08. The largest absolute Gasteiger partial charge is 0.496 e. The first-order valence-corrected chi connectivity index (χ1v) is 7.88. The molecule has 0 saturated heterocycles. The summed E-state index contributed by atoms with van der Waals surface area (Å²) < 4.78 is 15.8. The molecule has 0 heterocycles. The van der Waals surface area contributed by atoms with Crippen molar-refractivity contribution >= 4 is 23.5 Å². The third kappa shape index (κ3) is 4.63. The van der Waals surface area contributed by atoms with Gasteiger partial charge in [-0.1, -0.05) is 12.1 Å². The van der Waals surface area contributed by atoms with Crippen molar-refractivity contribution in [1.82, 2.24) is 0 Å². The SMILES string of the molecule is COc1cc(OC)c(OC)cc1/C=C/C(=O)Nc1cccc(C(C)=O)c1. The molecule has 6 heteroatoms. The summed E-state index contributed by atoms with van der Waals surface area (Å²) in [7, 11) is 4.61. The van der Waals surface area contributed by atoms with Gasteiger partial charge in [0.05, 0.1) is 21.3 Å². The number of carbonyl (C=O) groups is 2. The van der Waals surface area contributed by atoms with Gasteiger partial charge in [-0.25, -0.2) is 0 Å². The standard InChI is InChI=1S/C20H21NO5/c1-13(22)14-6-5-7-16(10-14)21-20(23)9-8-15-11-18(25-3)19(26-4)12-17(15)24-2/h5-12H,1-4H3,(H,21,23)/b9-8+. The minimum absolute atomic E-state index is 0.0632. The van der Waals surface area contributed by atoms with Crippen molar-refractivity contribution in [2.45, 2.75) is 6.92 Å². The summed E-state index contributed by atoms with van der Waals surface area (Å²) in [6, 6.07) is 10.2. The number of nitrogens with one attached hydrogen (secondary N) is 1. The Kier molecular flexibility index (Phi) is 6.38. The van der Waals surface area contributed by atoms with Crippen molar-refractivity contribution in [2.24, 2.45) is 0 Å². The van der Waals surface area contributed by atoms with Gasteiger partial charge in [-0.05, 0) is 31.2 Å². The van der Waals surface area contributed by atoms with Crippen molar-refractivity contribution in [3.63, 3.8) is 0 Å². The Morgan fingerprint density at radius 1 is 0.923 bits per heavy atom. The van der Waals surface area contributed by atoms with E-state index in [0.29, 0.717) is 34.1 Å². The van der Waals surface area contributed by atoms with Crippen LogP contribution in [0.3, 0.4) is 0 Å². The number of Topliss-reactive ketones (excluding diaryl/α,β-unsaturated/α-hetero) is 1. The van der Waals surface area contributed by atoms with Crippen LogP contribution in [0.15, 0.2) is 42.5 Å². The van der Waals surface area contributed by atoms with Crippen molar-refractivity contribution in [3.8, 4) is 17.2 Å². The van der Waals surface area contributed by atoms with Crippen LogP contribution in [0.4, 0.5) is 5.69 Å². The normalized spacial score (nSPS) is 10.5. The number of methoxy groups -OCH3 is 3. The molecule has 0 aliphatic heterocycles. The van der Waals surface area contributed by atoms with Crippen LogP contribution in [0.2, 0.25) is 0 Å². The topological polar surface area (TPSA) is 73.9 Å². The van der Waals surface area contributed by atoms with Crippen LogP contribution in [0.25, 0.3) is 6.08 Å². The van der Waals surface area contributed by atoms with Crippen molar-refractivity contribution < 1.29 is 23.8 Å². The van der Waals surface area contributed by atoms with E-state index in [-0.39, 0.29) is 11.7 Å². The molecule has 0 atom stereocenters. The molecule has 1 N–H and O–H groups in total. The van der Waals surface area contributed by atoms with E-state index in [1.54, 1.807) is 42.5 Å². The number of hydrogen-bond acceptors (Lipinski definition) is 5. The van der Waals surface area contributed by atoms with Crippen molar-refractivity contribution in [3.05, 3.63) is 53.6 Å². The lowest BCUT2D eigenvalue weighted by atomic mass is 10.1. The summed E-state index contributed by atoms with van der Waals surface area (Å²) >= 11 is 0. The Labute approximate surface area is 152 Å². The molecular weight excluding hydrogens is 334 g/mol. The number of ether oxygens (including phenoxy) is 3. The highest BCUT2D eigenvalue weighted by molar-refractivity contribution is 6.03. The van der Waals surface area contributed by atoms with Gasteiger partial charge in [-0.3, -0.25) is 9.59 Å². The average molecular weight is 355 g/mol. The van der Waals surface area contributed by atoms with Gasteiger partial charge in [-0.2, -0.15) is 0 Å². The molecule has 0 aliphatic carbocycles. The Hall–Kier alpha value is -3.28. The van der Waals surface area contributed by atoms with E-state index in [1.807, 2.05) is 0 Å². The van der Waals surface area contributed by atoms with Gasteiger partial charge < -0.3 is 19.5 Å². The predicted molar refractivity (Wildman–Crippen MR) is 100 cm³/mol. The molecule has 0 spiro atoms. The first-order valence-electron chi connectivity index (χ1n) is 7.88. The molecular formula is C20H21NO5. The van der Waals surface area contributed by atoms with Crippen LogP contribution in [-0.2, 0) is 4.79 Å². The van der Waals surface area contributed by atoms with E-state index in [1.165, 1.54) is 34.3 Å². The maximum absolute atomic E-state index is 12.2. The summed E-state index contributed by atoms with van der Waals surface area (Å²) in [5.74, 6) is 1.22. The van der Waals surface area contributed by atoms with E-state index in [0.717, 1.165) is 0 Å². The smallest absolute Gasteiger partial charge is 0.248 e. The Morgan fingerprint density at radius 2 is 1.58 bits per heavy atom. The number of ketones is 1. The fraction of sp³-hybridized carbons (Fsp3) is 0.200. The van der Waals surface area contributed by atoms with Crippen LogP contribution in [0.5, 0.6) is 17.2 Å². The van der Waals surface area contributed by atoms with E-state index in [4.69, 9.17) is 14.2 Å². The quantitative estimate of drug-likeness (QED) is 0.607. The minimum atomic E-state index is -0.331. The highest BCUT2D eigenvalue weighted by Gasteiger charge is 2.10. The van der Waals surface area contributed by atoms with Crippen LogP contribution in [0.1, 0.15) is 22.8 Å².